The molecule has 1 aliphatic rings. The summed E-state index contributed by atoms with van der Waals surface area (Å²) >= 11 is 6.04. The van der Waals surface area contributed by atoms with Crippen LogP contribution in [0.2, 0.25) is 5.02 Å². The summed E-state index contributed by atoms with van der Waals surface area (Å²) in [6.45, 7) is 8.03. The number of nitrogens with one attached hydrogen (secondary N) is 1. The monoisotopic (exact) mass is 519 g/mol. The Morgan fingerprint density at radius 3 is 2.71 bits per heavy atom. The van der Waals surface area contributed by atoms with Crippen molar-refractivity contribution in [2.45, 2.75) is 20.0 Å². The van der Waals surface area contributed by atoms with Gasteiger partial charge < -0.3 is 19.5 Å². The molecule has 1 aliphatic heterocycles. The molecule has 0 unspecified atom stereocenters. The van der Waals surface area contributed by atoms with E-state index in [9.17, 15) is 0 Å². The van der Waals surface area contributed by atoms with Gasteiger partial charge in [0.2, 0.25) is 0 Å². The molecule has 0 saturated carbocycles. The predicted octanol–water partition coefficient (Wildman–Crippen LogP) is 3.24. The van der Waals surface area contributed by atoms with Gasteiger partial charge in [0.15, 0.2) is 5.96 Å². The molecule has 7 nitrogen and oxygen atoms in total. The average Bonchev–Trinajstić information content (AvgIpc) is 3.19. The highest BCUT2D eigenvalue weighted by Crippen LogP contribution is 2.23. The number of hydrogen-bond acceptors (Lipinski definition) is 5. The minimum atomic E-state index is 0. The summed E-state index contributed by atoms with van der Waals surface area (Å²) in [5.74, 6) is 1.69. The molecule has 1 saturated heterocycles. The number of benzene rings is 1. The summed E-state index contributed by atoms with van der Waals surface area (Å²) in [7, 11) is 1.65. The van der Waals surface area contributed by atoms with Gasteiger partial charge in [0, 0.05) is 55.9 Å². The van der Waals surface area contributed by atoms with Crippen LogP contribution in [0.4, 0.5) is 0 Å². The van der Waals surface area contributed by atoms with Crippen molar-refractivity contribution in [3.8, 4) is 5.75 Å². The molecule has 1 N–H and O–H groups in total. The SMILES string of the molecule is CCNC(=NCc1ccc(Cl)cc1OC)N1CCN(Cc2ccon2)CC1.I. The fraction of sp³-hybridized carbons (Fsp3) is 0.474. The van der Waals surface area contributed by atoms with Gasteiger partial charge in [0.25, 0.3) is 0 Å². The number of aromatic nitrogens is 1. The van der Waals surface area contributed by atoms with Crippen LogP contribution in [0.3, 0.4) is 0 Å². The highest BCUT2D eigenvalue weighted by Gasteiger charge is 2.20. The standard InChI is InChI=1S/C19H26ClN5O2.HI/c1-3-21-19(22-13-15-4-5-16(20)12-18(15)26-2)25-9-7-24(8-10-25)14-17-6-11-27-23-17;/h4-6,11-12H,3,7-10,13-14H2,1-2H3,(H,21,22);1H. The normalized spacial score (nSPS) is 15.2. The van der Waals surface area contributed by atoms with Crippen LogP contribution in [0.25, 0.3) is 0 Å². The van der Waals surface area contributed by atoms with E-state index in [1.54, 1.807) is 13.4 Å². The Morgan fingerprint density at radius 2 is 2.07 bits per heavy atom. The lowest BCUT2D eigenvalue weighted by Crippen LogP contribution is -2.52. The van der Waals surface area contributed by atoms with Gasteiger partial charge in [-0.25, -0.2) is 4.99 Å². The van der Waals surface area contributed by atoms with Crippen molar-refractivity contribution in [1.82, 2.24) is 20.3 Å². The largest absolute Gasteiger partial charge is 0.496 e. The molecule has 0 spiro atoms. The van der Waals surface area contributed by atoms with Gasteiger partial charge in [-0.15, -0.1) is 24.0 Å². The number of piperazine rings is 1. The summed E-state index contributed by atoms with van der Waals surface area (Å²) in [5, 5.41) is 8.05. The second-order valence-electron chi connectivity index (χ2n) is 6.38. The lowest BCUT2D eigenvalue weighted by atomic mass is 10.2. The molecule has 0 radical (unpaired) electrons. The van der Waals surface area contributed by atoms with Gasteiger partial charge >= 0.3 is 0 Å². The van der Waals surface area contributed by atoms with E-state index in [4.69, 9.17) is 25.9 Å². The molecule has 2 heterocycles. The van der Waals surface area contributed by atoms with Crippen molar-refractivity contribution in [1.29, 1.82) is 0 Å². The molecule has 0 aliphatic carbocycles. The number of ether oxygens (including phenoxy) is 1. The first kappa shape index (κ1) is 22.8. The number of methoxy groups -OCH3 is 1. The van der Waals surface area contributed by atoms with Gasteiger partial charge in [-0.05, 0) is 19.1 Å². The van der Waals surface area contributed by atoms with E-state index in [2.05, 4.69) is 27.2 Å². The van der Waals surface area contributed by atoms with Crippen LogP contribution in [-0.4, -0.2) is 60.7 Å². The Morgan fingerprint density at radius 1 is 1.29 bits per heavy atom. The third kappa shape index (κ3) is 6.25. The molecule has 3 rings (SSSR count). The average molecular weight is 520 g/mol. The van der Waals surface area contributed by atoms with Crippen molar-refractivity contribution >= 4 is 41.5 Å². The first-order chi connectivity index (χ1) is 13.2. The molecule has 1 fully saturated rings. The van der Waals surface area contributed by atoms with Crippen LogP contribution in [0, 0.1) is 0 Å². The lowest BCUT2D eigenvalue weighted by molar-refractivity contribution is 0.169. The molecule has 1 aromatic carbocycles. The Hall–Kier alpha value is -1.52. The highest BCUT2D eigenvalue weighted by molar-refractivity contribution is 14.0. The van der Waals surface area contributed by atoms with E-state index in [0.29, 0.717) is 11.6 Å². The number of halogens is 2. The van der Waals surface area contributed by atoms with Crippen LogP contribution in [0.15, 0.2) is 40.0 Å². The van der Waals surface area contributed by atoms with Crippen molar-refractivity contribution in [3.63, 3.8) is 0 Å². The van der Waals surface area contributed by atoms with Crippen molar-refractivity contribution in [3.05, 3.63) is 46.8 Å². The first-order valence-electron chi connectivity index (χ1n) is 9.17. The third-order valence-corrected chi connectivity index (χ3v) is 4.77. The Kier molecular flexibility index (Phi) is 9.33. The Balaban J connectivity index is 0.00000280. The summed E-state index contributed by atoms with van der Waals surface area (Å²) in [6, 6.07) is 7.56. The molecular weight excluding hydrogens is 493 g/mol. The molecule has 0 bridgehead atoms. The predicted molar refractivity (Wildman–Crippen MR) is 122 cm³/mol. The van der Waals surface area contributed by atoms with Crippen LogP contribution in [-0.2, 0) is 13.1 Å². The van der Waals surface area contributed by atoms with E-state index in [-0.39, 0.29) is 24.0 Å². The van der Waals surface area contributed by atoms with Gasteiger partial charge in [0.1, 0.15) is 12.0 Å². The molecule has 0 atom stereocenters. The Bertz CT molecular complexity index is 749. The summed E-state index contributed by atoms with van der Waals surface area (Å²) in [5.41, 5.74) is 1.99. The van der Waals surface area contributed by atoms with Crippen molar-refractivity contribution in [2.24, 2.45) is 4.99 Å². The second-order valence-corrected chi connectivity index (χ2v) is 6.82. The maximum atomic E-state index is 6.04. The summed E-state index contributed by atoms with van der Waals surface area (Å²) < 4.78 is 10.3. The maximum absolute atomic E-state index is 6.04. The molecule has 1 aromatic heterocycles. The number of rotatable bonds is 6. The van der Waals surface area contributed by atoms with E-state index < -0.39 is 0 Å². The van der Waals surface area contributed by atoms with E-state index >= 15 is 0 Å². The van der Waals surface area contributed by atoms with Gasteiger partial charge in [-0.1, -0.05) is 22.8 Å². The van der Waals surface area contributed by atoms with E-state index in [0.717, 1.165) is 62.2 Å². The van der Waals surface area contributed by atoms with E-state index in [1.165, 1.54) is 0 Å². The van der Waals surface area contributed by atoms with Crippen molar-refractivity contribution < 1.29 is 9.26 Å². The molecule has 9 heteroatoms. The molecule has 0 amide bonds. The maximum Gasteiger partial charge on any atom is 0.194 e. The first-order valence-corrected chi connectivity index (χ1v) is 9.54. The van der Waals surface area contributed by atoms with Crippen LogP contribution in [0.1, 0.15) is 18.2 Å². The summed E-state index contributed by atoms with van der Waals surface area (Å²) in [4.78, 5) is 9.48. The lowest BCUT2D eigenvalue weighted by Gasteiger charge is -2.36. The molecular formula is C19H27ClIN5O2. The highest BCUT2D eigenvalue weighted by atomic mass is 127. The molecule has 2 aromatic rings. The van der Waals surface area contributed by atoms with Gasteiger partial charge in [-0.2, -0.15) is 0 Å². The Labute approximate surface area is 188 Å². The number of hydrogen-bond donors (Lipinski definition) is 1. The number of aliphatic imine (C=N–C) groups is 1. The minimum Gasteiger partial charge on any atom is -0.496 e. The zero-order chi connectivity index (χ0) is 19.1. The fourth-order valence-electron chi connectivity index (χ4n) is 3.10. The smallest absolute Gasteiger partial charge is 0.194 e. The second kappa shape index (κ2) is 11.5. The van der Waals surface area contributed by atoms with Crippen molar-refractivity contribution in [2.75, 3.05) is 39.8 Å². The third-order valence-electron chi connectivity index (χ3n) is 4.53. The minimum absolute atomic E-state index is 0. The summed E-state index contributed by atoms with van der Waals surface area (Å²) in [6.07, 6.45) is 1.62. The number of guanidine groups is 1. The van der Waals surface area contributed by atoms with E-state index in [1.807, 2.05) is 24.3 Å². The quantitative estimate of drug-likeness (QED) is 0.359. The van der Waals surface area contributed by atoms with Crippen LogP contribution < -0.4 is 10.1 Å². The molecule has 28 heavy (non-hydrogen) atoms. The molecule has 154 valence electrons. The van der Waals surface area contributed by atoms with Crippen LogP contribution in [0.5, 0.6) is 5.75 Å². The fourth-order valence-corrected chi connectivity index (χ4v) is 3.26. The zero-order valence-electron chi connectivity index (χ0n) is 16.2. The number of nitrogens with zero attached hydrogens (tertiary/aromatic N) is 4. The zero-order valence-corrected chi connectivity index (χ0v) is 19.3. The topological polar surface area (TPSA) is 66.1 Å². The van der Waals surface area contributed by atoms with Gasteiger partial charge in [0.05, 0.1) is 19.3 Å². The van der Waals surface area contributed by atoms with Crippen LogP contribution >= 0.6 is 35.6 Å². The van der Waals surface area contributed by atoms with Gasteiger partial charge in [-0.3, -0.25) is 4.90 Å².